The molecular formula is C9H16N4O3S. The van der Waals surface area contributed by atoms with Gasteiger partial charge in [-0.05, 0) is 6.92 Å². The smallest absolute Gasteiger partial charge is 0.337 e. The maximum absolute atomic E-state index is 11.4. The largest absolute Gasteiger partial charge is 0.463 e. The number of carbonyl (C=O) groups excluding carboxylic acids is 1. The average molecular weight is 260 g/mol. The molecule has 0 aliphatic carbocycles. The van der Waals surface area contributed by atoms with Gasteiger partial charge in [0.2, 0.25) is 11.9 Å². The van der Waals surface area contributed by atoms with Crippen LogP contribution in [-0.4, -0.2) is 52.9 Å². The molecule has 1 rings (SSSR count). The Hall–Kier alpha value is -1.28. The van der Waals surface area contributed by atoms with Gasteiger partial charge in [-0.25, -0.2) is 5.10 Å². The van der Waals surface area contributed by atoms with E-state index in [4.69, 9.17) is 9.47 Å². The van der Waals surface area contributed by atoms with Crippen LogP contribution in [-0.2, 0) is 9.53 Å². The van der Waals surface area contributed by atoms with Crippen molar-refractivity contribution in [1.29, 1.82) is 0 Å². The zero-order valence-corrected chi connectivity index (χ0v) is 10.7. The van der Waals surface area contributed by atoms with Crippen LogP contribution in [0.25, 0.3) is 0 Å². The molecule has 0 aromatic carbocycles. The van der Waals surface area contributed by atoms with Crippen LogP contribution >= 0.6 is 11.8 Å². The summed E-state index contributed by atoms with van der Waals surface area (Å²) in [5.41, 5.74) is 0. The molecule has 2 N–H and O–H groups in total. The third kappa shape index (κ3) is 5.55. The predicted octanol–water partition coefficient (Wildman–Crippen LogP) is 0.521. The number of methoxy groups -OCH3 is 1. The Morgan fingerprint density at radius 1 is 1.59 bits per heavy atom. The lowest BCUT2D eigenvalue weighted by atomic mass is 10.7. The number of ether oxygens (including phenoxy) is 2. The summed E-state index contributed by atoms with van der Waals surface area (Å²) >= 11 is 1.49. The summed E-state index contributed by atoms with van der Waals surface area (Å²) in [7, 11) is 1.63. The van der Waals surface area contributed by atoms with Gasteiger partial charge in [0, 0.05) is 12.9 Å². The molecule has 0 fully saturated rings. The number of hydrogen-bond donors (Lipinski definition) is 2. The maximum atomic E-state index is 11.4. The number of anilines is 1. The van der Waals surface area contributed by atoms with E-state index in [1.807, 2.05) is 6.92 Å². The van der Waals surface area contributed by atoms with Gasteiger partial charge in [-0.1, -0.05) is 0 Å². The van der Waals surface area contributed by atoms with Crippen LogP contribution in [0.15, 0.2) is 0 Å². The second kappa shape index (κ2) is 7.91. The molecule has 8 heteroatoms. The number of H-pyrrole nitrogens is 1. The fraction of sp³-hybridized carbons (Fsp3) is 0.667. The first kappa shape index (κ1) is 13.8. The quantitative estimate of drug-likeness (QED) is 0.662. The minimum Gasteiger partial charge on any atom is -0.463 e. The van der Waals surface area contributed by atoms with Gasteiger partial charge >= 0.3 is 6.01 Å². The second-order valence-corrected chi connectivity index (χ2v) is 4.10. The van der Waals surface area contributed by atoms with E-state index in [1.54, 1.807) is 7.11 Å². The van der Waals surface area contributed by atoms with E-state index < -0.39 is 0 Å². The SMILES string of the molecule is CCOc1n[nH]c(NC(=O)CSCCOC)n1. The molecule has 17 heavy (non-hydrogen) atoms. The van der Waals surface area contributed by atoms with Crippen LogP contribution < -0.4 is 10.1 Å². The third-order valence-corrected chi connectivity index (χ3v) is 2.58. The third-order valence-electron chi connectivity index (χ3n) is 1.66. The summed E-state index contributed by atoms with van der Waals surface area (Å²) < 4.78 is 9.93. The van der Waals surface area contributed by atoms with Gasteiger partial charge in [-0.15, -0.1) is 16.9 Å². The van der Waals surface area contributed by atoms with Gasteiger partial charge in [0.25, 0.3) is 0 Å². The summed E-state index contributed by atoms with van der Waals surface area (Å²) in [6, 6.07) is 0.231. The first-order chi connectivity index (χ1) is 8.26. The normalized spacial score (nSPS) is 10.2. The van der Waals surface area contributed by atoms with Crippen molar-refractivity contribution in [2.45, 2.75) is 6.92 Å². The van der Waals surface area contributed by atoms with E-state index >= 15 is 0 Å². The number of aromatic nitrogens is 3. The fourth-order valence-corrected chi connectivity index (χ4v) is 1.66. The van der Waals surface area contributed by atoms with E-state index in [9.17, 15) is 4.79 Å². The number of hydrogen-bond acceptors (Lipinski definition) is 6. The lowest BCUT2D eigenvalue weighted by Gasteiger charge is -2.00. The summed E-state index contributed by atoms with van der Waals surface area (Å²) in [5.74, 6) is 1.30. The molecule has 0 aliphatic heterocycles. The Morgan fingerprint density at radius 2 is 2.41 bits per heavy atom. The highest BCUT2D eigenvalue weighted by atomic mass is 32.2. The van der Waals surface area contributed by atoms with E-state index in [1.165, 1.54) is 11.8 Å². The summed E-state index contributed by atoms with van der Waals surface area (Å²) in [4.78, 5) is 15.4. The molecule has 1 amide bonds. The van der Waals surface area contributed by atoms with E-state index in [0.717, 1.165) is 5.75 Å². The van der Waals surface area contributed by atoms with Crippen molar-refractivity contribution in [3.05, 3.63) is 0 Å². The van der Waals surface area contributed by atoms with Gasteiger partial charge in [-0.3, -0.25) is 10.1 Å². The van der Waals surface area contributed by atoms with Gasteiger partial charge < -0.3 is 9.47 Å². The Labute approximate surface area is 104 Å². The topological polar surface area (TPSA) is 89.1 Å². The standard InChI is InChI=1S/C9H16N4O3S/c1-3-16-9-11-8(12-13-9)10-7(14)6-17-5-4-15-2/h3-6H2,1-2H3,(H2,10,11,12,13,14). The van der Waals surface area contributed by atoms with E-state index in [2.05, 4.69) is 20.5 Å². The number of rotatable bonds is 8. The molecule has 0 aliphatic rings. The van der Waals surface area contributed by atoms with Crippen molar-refractivity contribution in [3.63, 3.8) is 0 Å². The minimum atomic E-state index is -0.134. The van der Waals surface area contributed by atoms with Crippen molar-refractivity contribution < 1.29 is 14.3 Å². The summed E-state index contributed by atoms with van der Waals surface area (Å²) in [5, 5.41) is 8.93. The van der Waals surface area contributed by atoms with Crippen molar-refractivity contribution in [2.75, 3.05) is 37.1 Å². The average Bonchev–Trinajstić information content (AvgIpc) is 2.73. The highest BCUT2D eigenvalue weighted by molar-refractivity contribution is 7.99. The van der Waals surface area contributed by atoms with Crippen LogP contribution in [0.5, 0.6) is 6.01 Å². The highest BCUT2D eigenvalue weighted by Crippen LogP contribution is 2.06. The first-order valence-corrected chi connectivity index (χ1v) is 6.33. The Kier molecular flexibility index (Phi) is 6.41. The van der Waals surface area contributed by atoms with Crippen LogP contribution in [0.1, 0.15) is 6.92 Å². The molecule has 0 saturated carbocycles. The molecule has 0 atom stereocenters. The lowest BCUT2D eigenvalue weighted by Crippen LogP contribution is -2.15. The minimum absolute atomic E-state index is 0.134. The maximum Gasteiger partial charge on any atom is 0.337 e. The molecule has 0 saturated heterocycles. The number of aromatic amines is 1. The van der Waals surface area contributed by atoms with E-state index in [-0.39, 0.29) is 11.9 Å². The molecular weight excluding hydrogens is 244 g/mol. The van der Waals surface area contributed by atoms with Crippen LogP contribution in [0.3, 0.4) is 0 Å². The molecule has 1 heterocycles. The van der Waals surface area contributed by atoms with Crippen molar-refractivity contribution >= 4 is 23.6 Å². The van der Waals surface area contributed by atoms with Crippen LogP contribution in [0, 0.1) is 0 Å². The summed E-state index contributed by atoms with van der Waals surface area (Å²) in [6.07, 6.45) is 0. The number of carbonyl (C=O) groups is 1. The van der Waals surface area contributed by atoms with Gasteiger partial charge in [0.1, 0.15) is 0 Å². The Bertz CT molecular complexity index is 345. The second-order valence-electron chi connectivity index (χ2n) is 2.99. The molecule has 1 aromatic heterocycles. The van der Waals surface area contributed by atoms with Crippen LogP contribution in [0.2, 0.25) is 0 Å². The van der Waals surface area contributed by atoms with Crippen LogP contribution in [0.4, 0.5) is 5.95 Å². The zero-order valence-electron chi connectivity index (χ0n) is 9.86. The molecule has 0 radical (unpaired) electrons. The molecule has 0 spiro atoms. The summed E-state index contributed by atoms with van der Waals surface area (Å²) in [6.45, 7) is 2.95. The Balaban J connectivity index is 2.24. The van der Waals surface area contributed by atoms with Gasteiger partial charge in [0.05, 0.1) is 19.0 Å². The zero-order chi connectivity index (χ0) is 12.5. The van der Waals surface area contributed by atoms with Crippen molar-refractivity contribution in [2.24, 2.45) is 0 Å². The first-order valence-electron chi connectivity index (χ1n) is 5.18. The fourth-order valence-electron chi connectivity index (χ4n) is 0.971. The highest BCUT2D eigenvalue weighted by Gasteiger charge is 2.07. The molecule has 0 unspecified atom stereocenters. The molecule has 7 nitrogen and oxygen atoms in total. The molecule has 96 valence electrons. The number of nitrogens with one attached hydrogen (secondary N) is 2. The number of thioether (sulfide) groups is 1. The van der Waals surface area contributed by atoms with Crippen molar-refractivity contribution in [3.8, 4) is 6.01 Å². The predicted molar refractivity (Wildman–Crippen MR) is 65.4 cm³/mol. The number of amides is 1. The number of nitrogens with zero attached hydrogens (tertiary/aromatic N) is 2. The van der Waals surface area contributed by atoms with E-state index in [0.29, 0.717) is 24.9 Å². The molecule has 0 bridgehead atoms. The lowest BCUT2D eigenvalue weighted by molar-refractivity contribution is -0.113. The van der Waals surface area contributed by atoms with Crippen molar-refractivity contribution in [1.82, 2.24) is 15.2 Å². The van der Waals surface area contributed by atoms with Gasteiger partial charge in [-0.2, -0.15) is 4.98 Å². The molecule has 1 aromatic rings. The Morgan fingerprint density at radius 3 is 3.12 bits per heavy atom. The monoisotopic (exact) mass is 260 g/mol. The van der Waals surface area contributed by atoms with Gasteiger partial charge in [0.15, 0.2) is 0 Å².